The summed E-state index contributed by atoms with van der Waals surface area (Å²) in [5.41, 5.74) is 2.24. The molecule has 18 heavy (non-hydrogen) atoms. The van der Waals surface area contributed by atoms with Crippen LogP contribution in [0.3, 0.4) is 0 Å². The number of aryl methyl sites for hydroxylation is 1. The highest BCUT2D eigenvalue weighted by atomic mass is 35.5. The van der Waals surface area contributed by atoms with Gasteiger partial charge in [0.2, 0.25) is 0 Å². The Hall–Kier alpha value is -1.25. The first-order valence-corrected chi connectivity index (χ1v) is 6.26. The summed E-state index contributed by atoms with van der Waals surface area (Å²) in [6.07, 6.45) is 0. The monoisotopic (exact) mass is 283 g/mol. The molecule has 0 bridgehead atoms. The maximum atomic E-state index is 13.4. The van der Waals surface area contributed by atoms with Crippen molar-refractivity contribution in [2.75, 3.05) is 5.32 Å². The topological polar surface area (TPSA) is 12.0 Å². The summed E-state index contributed by atoms with van der Waals surface area (Å²) >= 11 is 12.0. The van der Waals surface area contributed by atoms with Crippen molar-refractivity contribution in [2.45, 2.75) is 13.5 Å². The normalized spacial score (nSPS) is 10.4. The predicted octanol–water partition coefficient (Wildman–Crippen LogP) is 5.05. The first kappa shape index (κ1) is 13.2. The van der Waals surface area contributed by atoms with E-state index in [1.54, 1.807) is 19.1 Å². The van der Waals surface area contributed by atoms with Crippen molar-refractivity contribution >= 4 is 28.9 Å². The molecule has 0 spiro atoms. The van der Waals surface area contributed by atoms with E-state index in [1.807, 2.05) is 18.2 Å². The highest BCUT2D eigenvalue weighted by Gasteiger charge is 2.04. The molecule has 0 aliphatic carbocycles. The number of anilines is 1. The lowest BCUT2D eigenvalue weighted by Gasteiger charge is -2.09. The molecule has 0 fully saturated rings. The summed E-state index contributed by atoms with van der Waals surface area (Å²) in [6, 6.07) is 10.5. The van der Waals surface area contributed by atoms with Crippen LogP contribution in [0.1, 0.15) is 11.1 Å². The number of halogens is 3. The molecule has 0 atom stereocenters. The molecule has 0 saturated carbocycles. The summed E-state index contributed by atoms with van der Waals surface area (Å²) in [6.45, 7) is 2.23. The lowest BCUT2D eigenvalue weighted by atomic mass is 10.1. The second-order valence-electron chi connectivity index (χ2n) is 4.04. The molecule has 0 amide bonds. The van der Waals surface area contributed by atoms with Crippen LogP contribution in [0.15, 0.2) is 36.4 Å². The van der Waals surface area contributed by atoms with Gasteiger partial charge in [-0.15, -0.1) is 0 Å². The quantitative estimate of drug-likeness (QED) is 0.831. The van der Waals surface area contributed by atoms with Crippen molar-refractivity contribution < 1.29 is 4.39 Å². The third-order valence-corrected chi connectivity index (χ3v) is 3.49. The largest absolute Gasteiger partial charge is 0.380 e. The van der Waals surface area contributed by atoms with E-state index >= 15 is 0 Å². The third-order valence-electron chi connectivity index (χ3n) is 2.67. The molecule has 1 nitrogen and oxygen atoms in total. The predicted molar refractivity (Wildman–Crippen MR) is 74.9 cm³/mol. The molecule has 4 heteroatoms. The van der Waals surface area contributed by atoms with E-state index in [-0.39, 0.29) is 5.82 Å². The van der Waals surface area contributed by atoms with Gasteiger partial charge in [0, 0.05) is 6.54 Å². The van der Waals surface area contributed by atoms with E-state index in [1.165, 1.54) is 6.07 Å². The van der Waals surface area contributed by atoms with E-state index in [0.717, 1.165) is 11.3 Å². The third kappa shape index (κ3) is 2.95. The molecular weight excluding hydrogens is 272 g/mol. The molecule has 0 aliphatic rings. The van der Waals surface area contributed by atoms with Gasteiger partial charge in [0.15, 0.2) is 0 Å². The van der Waals surface area contributed by atoms with Gasteiger partial charge >= 0.3 is 0 Å². The molecule has 2 rings (SSSR count). The molecule has 1 N–H and O–H groups in total. The van der Waals surface area contributed by atoms with Gasteiger partial charge in [-0.05, 0) is 36.2 Å². The number of rotatable bonds is 3. The van der Waals surface area contributed by atoms with Crippen molar-refractivity contribution in [3.63, 3.8) is 0 Å². The van der Waals surface area contributed by atoms with Gasteiger partial charge in [-0.2, -0.15) is 0 Å². The van der Waals surface area contributed by atoms with Gasteiger partial charge in [0.1, 0.15) is 5.82 Å². The van der Waals surface area contributed by atoms with Crippen LogP contribution in [0.2, 0.25) is 10.0 Å². The Kier molecular flexibility index (Phi) is 4.10. The Morgan fingerprint density at radius 3 is 2.67 bits per heavy atom. The summed E-state index contributed by atoms with van der Waals surface area (Å²) < 4.78 is 13.4. The molecule has 0 saturated heterocycles. The average molecular weight is 284 g/mol. The van der Waals surface area contributed by atoms with Crippen LogP contribution in [-0.4, -0.2) is 0 Å². The number of hydrogen-bond acceptors (Lipinski definition) is 1. The van der Waals surface area contributed by atoms with Crippen molar-refractivity contribution in [3.8, 4) is 0 Å². The van der Waals surface area contributed by atoms with Crippen LogP contribution < -0.4 is 5.32 Å². The maximum absolute atomic E-state index is 13.4. The molecule has 0 unspecified atom stereocenters. The van der Waals surface area contributed by atoms with Crippen LogP contribution in [0.4, 0.5) is 10.1 Å². The minimum Gasteiger partial charge on any atom is -0.380 e. The summed E-state index contributed by atoms with van der Waals surface area (Å²) in [7, 11) is 0. The molecule has 2 aromatic carbocycles. The van der Waals surface area contributed by atoms with Crippen LogP contribution in [0.25, 0.3) is 0 Å². The first-order chi connectivity index (χ1) is 8.58. The van der Waals surface area contributed by atoms with Gasteiger partial charge in [-0.1, -0.05) is 41.4 Å². The Morgan fingerprint density at radius 1 is 1.17 bits per heavy atom. The molecular formula is C14H12Cl2FN. The second kappa shape index (κ2) is 5.59. The minimum absolute atomic E-state index is 0.202. The zero-order valence-electron chi connectivity index (χ0n) is 9.81. The van der Waals surface area contributed by atoms with Crippen molar-refractivity contribution in [2.24, 2.45) is 0 Å². The highest BCUT2D eigenvalue weighted by molar-refractivity contribution is 6.43. The molecule has 0 heterocycles. The average Bonchev–Trinajstić information content (AvgIpc) is 2.35. The van der Waals surface area contributed by atoms with Crippen molar-refractivity contribution in [3.05, 3.63) is 63.4 Å². The van der Waals surface area contributed by atoms with Crippen LogP contribution in [0, 0.1) is 12.7 Å². The summed E-state index contributed by atoms with van der Waals surface area (Å²) in [4.78, 5) is 0. The Balaban J connectivity index is 2.11. The molecule has 2 aromatic rings. The fourth-order valence-corrected chi connectivity index (χ4v) is 1.95. The molecule has 0 aromatic heterocycles. The zero-order valence-corrected chi connectivity index (χ0v) is 11.3. The van der Waals surface area contributed by atoms with E-state index in [9.17, 15) is 4.39 Å². The van der Waals surface area contributed by atoms with E-state index in [2.05, 4.69) is 5.32 Å². The number of benzene rings is 2. The van der Waals surface area contributed by atoms with Crippen LogP contribution in [0.5, 0.6) is 0 Å². The lowest BCUT2D eigenvalue weighted by Crippen LogP contribution is -2.01. The zero-order chi connectivity index (χ0) is 13.1. The number of hydrogen-bond donors (Lipinski definition) is 1. The smallest absolute Gasteiger partial charge is 0.126 e. The summed E-state index contributed by atoms with van der Waals surface area (Å²) in [5.74, 6) is -0.202. The van der Waals surface area contributed by atoms with E-state index in [4.69, 9.17) is 23.2 Å². The lowest BCUT2D eigenvalue weighted by molar-refractivity contribution is 0.616. The van der Waals surface area contributed by atoms with Gasteiger partial charge < -0.3 is 5.32 Å². The minimum atomic E-state index is -0.202. The van der Waals surface area contributed by atoms with Crippen LogP contribution >= 0.6 is 23.2 Å². The van der Waals surface area contributed by atoms with Gasteiger partial charge in [-0.25, -0.2) is 4.39 Å². The van der Waals surface area contributed by atoms with E-state index in [0.29, 0.717) is 22.2 Å². The Labute approximate surface area is 116 Å². The fourth-order valence-electron chi connectivity index (χ4n) is 1.58. The SMILES string of the molecule is Cc1ccc(CNc2cccc(Cl)c2Cl)cc1F. The van der Waals surface area contributed by atoms with Crippen molar-refractivity contribution in [1.29, 1.82) is 0 Å². The van der Waals surface area contributed by atoms with Gasteiger partial charge in [-0.3, -0.25) is 0 Å². The van der Waals surface area contributed by atoms with Gasteiger partial charge in [0.05, 0.1) is 15.7 Å². The summed E-state index contributed by atoms with van der Waals surface area (Å²) in [5, 5.41) is 4.11. The molecule has 0 radical (unpaired) electrons. The maximum Gasteiger partial charge on any atom is 0.126 e. The molecule has 0 aliphatic heterocycles. The molecule has 94 valence electrons. The Morgan fingerprint density at radius 2 is 1.94 bits per heavy atom. The Bertz CT molecular complexity index is 570. The number of nitrogens with one attached hydrogen (secondary N) is 1. The van der Waals surface area contributed by atoms with Crippen LogP contribution in [-0.2, 0) is 6.54 Å². The highest BCUT2D eigenvalue weighted by Crippen LogP contribution is 2.29. The first-order valence-electron chi connectivity index (χ1n) is 5.51. The second-order valence-corrected chi connectivity index (χ2v) is 4.82. The fraction of sp³-hybridized carbons (Fsp3) is 0.143. The van der Waals surface area contributed by atoms with Gasteiger partial charge in [0.25, 0.3) is 0 Å². The van der Waals surface area contributed by atoms with E-state index < -0.39 is 0 Å². The standard InChI is InChI=1S/C14H12Cl2FN/c1-9-5-6-10(7-12(9)17)8-18-13-4-2-3-11(15)14(13)16/h2-7,18H,8H2,1H3. The van der Waals surface area contributed by atoms with Crippen molar-refractivity contribution in [1.82, 2.24) is 0 Å².